The van der Waals surface area contributed by atoms with E-state index in [0.29, 0.717) is 5.76 Å². The van der Waals surface area contributed by atoms with Gasteiger partial charge in [-0.2, -0.15) is 0 Å². The van der Waals surface area contributed by atoms with Crippen molar-refractivity contribution in [2.75, 3.05) is 7.11 Å². The largest absolute Gasteiger partial charge is 0.497 e. The minimum atomic E-state index is 0.637. The maximum atomic E-state index is 5.03. The van der Waals surface area contributed by atoms with Gasteiger partial charge in [-0.05, 0) is 37.0 Å². The number of ether oxygens (including phenoxy) is 1. The van der Waals surface area contributed by atoms with Crippen molar-refractivity contribution >= 4 is 0 Å². The summed E-state index contributed by atoms with van der Waals surface area (Å²) in [4.78, 5) is 0. The predicted octanol–water partition coefficient (Wildman–Crippen LogP) is 5.28. The van der Waals surface area contributed by atoms with Crippen molar-refractivity contribution < 1.29 is 4.74 Å². The standard InChI is InChI=1S/C18H24O/c1-6-9-11-13-18(12-10-7-2)17(8-3)15-14-16(4)19-5/h6-8,11-15H,1-2,4,9-10H2,3,5H3/b13-11-,15-14-,17-8?,18-12+. The van der Waals surface area contributed by atoms with Crippen molar-refractivity contribution in [2.24, 2.45) is 0 Å². The molecule has 0 rings (SSSR count). The molecule has 0 saturated carbocycles. The molecule has 0 radical (unpaired) electrons. The molecule has 1 nitrogen and oxygen atoms in total. The molecule has 0 aliphatic rings. The Kier molecular flexibility index (Phi) is 9.91. The van der Waals surface area contributed by atoms with Gasteiger partial charge in [0, 0.05) is 0 Å². The van der Waals surface area contributed by atoms with Crippen LogP contribution >= 0.6 is 0 Å². The number of hydrogen-bond acceptors (Lipinski definition) is 1. The molecule has 0 bridgehead atoms. The zero-order valence-electron chi connectivity index (χ0n) is 12.1. The van der Waals surface area contributed by atoms with E-state index in [-0.39, 0.29) is 0 Å². The average molecular weight is 256 g/mol. The molecule has 0 N–H and O–H groups in total. The van der Waals surface area contributed by atoms with Crippen LogP contribution in [0.25, 0.3) is 0 Å². The summed E-state index contributed by atoms with van der Waals surface area (Å²) in [7, 11) is 1.61. The van der Waals surface area contributed by atoms with Crippen LogP contribution in [-0.4, -0.2) is 7.11 Å². The van der Waals surface area contributed by atoms with Gasteiger partial charge in [0.15, 0.2) is 0 Å². The predicted molar refractivity (Wildman–Crippen MR) is 85.9 cm³/mol. The van der Waals surface area contributed by atoms with Crippen LogP contribution in [0.2, 0.25) is 0 Å². The highest BCUT2D eigenvalue weighted by molar-refractivity contribution is 5.47. The van der Waals surface area contributed by atoms with E-state index >= 15 is 0 Å². The molecule has 102 valence electrons. The van der Waals surface area contributed by atoms with Crippen molar-refractivity contribution in [3.8, 4) is 0 Å². The molecule has 0 saturated heterocycles. The van der Waals surface area contributed by atoms with E-state index in [9.17, 15) is 0 Å². The second kappa shape index (κ2) is 11.1. The molecule has 0 heterocycles. The van der Waals surface area contributed by atoms with Crippen molar-refractivity contribution in [2.45, 2.75) is 19.8 Å². The highest BCUT2D eigenvalue weighted by Gasteiger charge is 1.97. The minimum Gasteiger partial charge on any atom is -0.497 e. The Bertz CT molecular complexity index is 417. The first-order chi connectivity index (χ1) is 9.19. The zero-order chi connectivity index (χ0) is 14.5. The van der Waals surface area contributed by atoms with Gasteiger partial charge in [0.05, 0.1) is 7.11 Å². The van der Waals surface area contributed by atoms with Gasteiger partial charge in [-0.25, -0.2) is 0 Å². The summed E-state index contributed by atoms with van der Waals surface area (Å²) in [6, 6.07) is 0. The Labute approximate surface area is 117 Å². The normalized spacial score (nSPS) is 12.9. The Morgan fingerprint density at radius 1 is 1.00 bits per heavy atom. The van der Waals surface area contributed by atoms with Gasteiger partial charge in [-0.15, -0.1) is 13.2 Å². The molecule has 0 aliphatic heterocycles. The molecule has 0 spiro atoms. The summed E-state index contributed by atoms with van der Waals surface area (Å²) in [6.45, 7) is 13.2. The summed E-state index contributed by atoms with van der Waals surface area (Å²) < 4.78 is 5.03. The van der Waals surface area contributed by atoms with Gasteiger partial charge in [0.1, 0.15) is 5.76 Å². The highest BCUT2D eigenvalue weighted by Crippen LogP contribution is 2.16. The van der Waals surface area contributed by atoms with Crippen LogP contribution in [0.3, 0.4) is 0 Å². The minimum absolute atomic E-state index is 0.637. The first-order valence-corrected chi connectivity index (χ1v) is 6.35. The zero-order valence-corrected chi connectivity index (χ0v) is 12.1. The lowest BCUT2D eigenvalue weighted by Crippen LogP contribution is -1.85. The summed E-state index contributed by atoms with van der Waals surface area (Å²) in [5, 5.41) is 0. The second-order valence-corrected chi connectivity index (χ2v) is 3.86. The quantitative estimate of drug-likeness (QED) is 0.309. The topological polar surface area (TPSA) is 9.23 Å². The monoisotopic (exact) mass is 256 g/mol. The van der Waals surface area contributed by atoms with Gasteiger partial charge < -0.3 is 4.74 Å². The molecule has 0 amide bonds. The third-order valence-corrected chi connectivity index (χ3v) is 2.46. The van der Waals surface area contributed by atoms with Crippen LogP contribution in [0.5, 0.6) is 0 Å². The molecule has 19 heavy (non-hydrogen) atoms. The molecule has 0 unspecified atom stereocenters. The molecule has 0 aromatic rings. The van der Waals surface area contributed by atoms with E-state index in [1.807, 2.05) is 31.2 Å². The fourth-order valence-electron chi connectivity index (χ4n) is 1.39. The van der Waals surface area contributed by atoms with Gasteiger partial charge >= 0.3 is 0 Å². The van der Waals surface area contributed by atoms with Crippen LogP contribution in [0, 0.1) is 0 Å². The molecular formula is C18H24O. The van der Waals surface area contributed by atoms with E-state index in [2.05, 4.69) is 44.0 Å². The summed E-state index contributed by atoms with van der Waals surface area (Å²) in [5.74, 6) is 0.637. The Hall–Kier alpha value is -2.02. The first-order valence-electron chi connectivity index (χ1n) is 6.35. The van der Waals surface area contributed by atoms with Crippen LogP contribution in [0.4, 0.5) is 0 Å². The fraction of sp³-hybridized carbons (Fsp3) is 0.222. The smallest absolute Gasteiger partial charge is 0.111 e. The molecule has 0 aromatic carbocycles. The maximum absolute atomic E-state index is 5.03. The lowest BCUT2D eigenvalue weighted by Gasteiger charge is -2.04. The number of rotatable bonds is 9. The molecule has 0 atom stereocenters. The first kappa shape index (κ1) is 17.0. The second-order valence-electron chi connectivity index (χ2n) is 3.86. The number of hydrogen-bond donors (Lipinski definition) is 0. The SMILES string of the molecule is C=CC/C=C\C(=C/CC=C)C(=CC)/C=C\C(=C)OC. The van der Waals surface area contributed by atoms with Crippen LogP contribution < -0.4 is 0 Å². The van der Waals surface area contributed by atoms with Gasteiger partial charge in [0.25, 0.3) is 0 Å². The van der Waals surface area contributed by atoms with Crippen LogP contribution in [0.15, 0.2) is 85.3 Å². The van der Waals surface area contributed by atoms with E-state index in [4.69, 9.17) is 4.74 Å². The molecular weight excluding hydrogens is 232 g/mol. The van der Waals surface area contributed by atoms with Gasteiger partial charge in [0.2, 0.25) is 0 Å². The van der Waals surface area contributed by atoms with E-state index in [1.54, 1.807) is 7.11 Å². The van der Waals surface area contributed by atoms with Crippen LogP contribution in [-0.2, 0) is 4.74 Å². The van der Waals surface area contributed by atoms with Crippen molar-refractivity contribution in [1.29, 1.82) is 0 Å². The summed E-state index contributed by atoms with van der Waals surface area (Å²) >= 11 is 0. The number of methoxy groups -OCH3 is 1. The van der Waals surface area contributed by atoms with E-state index in [0.717, 1.165) is 24.0 Å². The van der Waals surface area contributed by atoms with Crippen molar-refractivity contribution in [3.63, 3.8) is 0 Å². The van der Waals surface area contributed by atoms with Gasteiger partial charge in [-0.3, -0.25) is 0 Å². The van der Waals surface area contributed by atoms with E-state index in [1.165, 1.54) is 0 Å². The van der Waals surface area contributed by atoms with Crippen molar-refractivity contribution in [3.05, 3.63) is 85.3 Å². The average Bonchev–Trinajstić information content (AvgIpc) is 2.44. The Balaban J connectivity index is 5.09. The van der Waals surface area contributed by atoms with Gasteiger partial charge in [-0.1, -0.05) is 49.1 Å². The third kappa shape index (κ3) is 7.82. The lowest BCUT2D eigenvalue weighted by molar-refractivity contribution is 0.309. The van der Waals surface area contributed by atoms with E-state index < -0.39 is 0 Å². The molecule has 0 aliphatic carbocycles. The Morgan fingerprint density at radius 2 is 1.68 bits per heavy atom. The lowest BCUT2D eigenvalue weighted by atomic mass is 10.0. The summed E-state index contributed by atoms with van der Waals surface area (Å²) in [6.07, 6.45) is 17.7. The Morgan fingerprint density at radius 3 is 2.21 bits per heavy atom. The molecule has 1 heteroatoms. The maximum Gasteiger partial charge on any atom is 0.111 e. The van der Waals surface area contributed by atoms with Crippen molar-refractivity contribution in [1.82, 2.24) is 0 Å². The number of allylic oxidation sites excluding steroid dienone is 10. The van der Waals surface area contributed by atoms with Crippen LogP contribution in [0.1, 0.15) is 19.8 Å². The molecule has 0 aromatic heterocycles. The highest BCUT2D eigenvalue weighted by atomic mass is 16.5. The fourth-order valence-corrected chi connectivity index (χ4v) is 1.39. The third-order valence-electron chi connectivity index (χ3n) is 2.46. The molecule has 0 fully saturated rings. The summed E-state index contributed by atoms with van der Waals surface area (Å²) in [5.41, 5.74) is 2.28.